The van der Waals surface area contributed by atoms with Crippen LogP contribution in [0.2, 0.25) is 0 Å². The molecule has 1 saturated heterocycles. The molecule has 1 fully saturated rings. The van der Waals surface area contributed by atoms with Crippen molar-refractivity contribution in [3.8, 4) is 0 Å². The zero-order valence-corrected chi connectivity index (χ0v) is 16.3. The number of sulfonamides is 1. The van der Waals surface area contributed by atoms with Gasteiger partial charge in [-0.2, -0.15) is 4.31 Å². The first-order valence-corrected chi connectivity index (χ1v) is 10.7. The van der Waals surface area contributed by atoms with Gasteiger partial charge in [0, 0.05) is 44.6 Å². The number of hydrogen-bond donors (Lipinski definition) is 0. The molecule has 6 heteroatoms. The van der Waals surface area contributed by atoms with Gasteiger partial charge in [0.2, 0.25) is 10.0 Å². The van der Waals surface area contributed by atoms with Crippen LogP contribution in [0.3, 0.4) is 0 Å². The van der Waals surface area contributed by atoms with E-state index >= 15 is 0 Å². The molecule has 0 saturated carbocycles. The van der Waals surface area contributed by atoms with Gasteiger partial charge in [0.15, 0.2) is 0 Å². The number of pyridine rings is 1. The zero-order chi connectivity index (χ0) is 18.6. The monoisotopic (exact) mass is 373 g/mol. The minimum Gasteiger partial charge on any atom is -0.293 e. The quantitative estimate of drug-likeness (QED) is 0.714. The lowest BCUT2D eigenvalue weighted by molar-refractivity contribution is 0.0711. The maximum absolute atomic E-state index is 12.6. The second-order valence-corrected chi connectivity index (χ2v) is 9.37. The van der Waals surface area contributed by atoms with Crippen molar-refractivity contribution in [1.82, 2.24) is 14.2 Å². The van der Waals surface area contributed by atoms with Crippen molar-refractivity contribution in [2.75, 3.05) is 19.6 Å². The summed E-state index contributed by atoms with van der Waals surface area (Å²) < 4.78 is 26.9. The molecule has 0 atom stereocenters. The molecule has 1 aliphatic heterocycles. The van der Waals surface area contributed by atoms with Gasteiger partial charge in [-0.05, 0) is 23.1 Å². The molecule has 140 valence electrons. The standard InChI is InChI=1S/C20H27N3O2S/c1-17(2)12-22(13-19-9-6-10-21-11-19)20-14-23(15-20)26(24,25)16-18-7-4-3-5-8-18/h3-11,17,20H,12-16H2,1-2H3. The van der Waals surface area contributed by atoms with E-state index < -0.39 is 10.0 Å². The molecule has 0 aliphatic carbocycles. The van der Waals surface area contributed by atoms with Gasteiger partial charge in [0.25, 0.3) is 0 Å². The van der Waals surface area contributed by atoms with Crippen molar-refractivity contribution in [3.63, 3.8) is 0 Å². The summed E-state index contributed by atoms with van der Waals surface area (Å²) in [5.74, 6) is 0.606. The molecular weight excluding hydrogens is 346 g/mol. The molecule has 26 heavy (non-hydrogen) atoms. The Bertz CT molecular complexity index is 788. The second kappa shape index (κ2) is 8.29. The van der Waals surface area contributed by atoms with Crippen LogP contribution in [0.15, 0.2) is 54.9 Å². The first-order valence-electron chi connectivity index (χ1n) is 9.09. The lowest BCUT2D eigenvalue weighted by Gasteiger charge is -2.45. The van der Waals surface area contributed by atoms with Gasteiger partial charge in [-0.15, -0.1) is 0 Å². The summed E-state index contributed by atoms with van der Waals surface area (Å²) in [6.07, 6.45) is 3.66. The molecule has 2 aromatic rings. The van der Waals surface area contributed by atoms with E-state index in [1.54, 1.807) is 10.5 Å². The topological polar surface area (TPSA) is 53.5 Å². The molecule has 0 amide bonds. The zero-order valence-electron chi connectivity index (χ0n) is 15.5. The Morgan fingerprint density at radius 1 is 1.12 bits per heavy atom. The third-order valence-electron chi connectivity index (χ3n) is 4.64. The molecule has 1 aromatic carbocycles. The summed E-state index contributed by atoms with van der Waals surface area (Å²) in [6, 6.07) is 13.7. The van der Waals surface area contributed by atoms with E-state index in [0.717, 1.165) is 18.7 Å². The van der Waals surface area contributed by atoms with Crippen LogP contribution in [-0.2, 0) is 22.3 Å². The number of benzene rings is 1. The maximum Gasteiger partial charge on any atom is 0.218 e. The third-order valence-corrected chi connectivity index (χ3v) is 6.42. The highest BCUT2D eigenvalue weighted by Crippen LogP contribution is 2.23. The average molecular weight is 374 g/mol. The summed E-state index contributed by atoms with van der Waals surface area (Å²) in [7, 11) is -3.25. The van der Waals surface area contributed by atoms with Crippen LogP contribution in [0.25, 0.3) is 0 Å². The Hall–Kier alpha value is -1.76. The largest absolute Gasteiger partial charge is 0.293 e. The molecule has 3 rings (SSSR count). The molecule has 0 unspecified atom stereocenters. The lowest BCUT2D eigenvalue weighted by atomic mass is 10.1. The van der Waals surface area contributed by atoms with Crippen LogP contribution in [0.4, 0.5) is 0 Å². The summed E-state index contributed by atoms with van der Waals surface area (Å²) >= 11 is 0. The highest BCUT2D eigenvalue weighted by molar-refractivity contribution is 7.88. The molecular formula is C20H27N3O2S. The Kier molecular flexibility index (Phi) is 6.06. The van der Waals surface area contributed by atoms with E-state index in [1.807, 2.05) is 42.6 Å². The fourth-order valence-electron chi connectivity index (χ4n) is 3.29. The Labute approximate surface area is 156 Å². The Morgan fingerprint density at radius 2 is 1.81 bits per heavy atom. The van der Waals surface area contributed by atoms with Gasteiger partial charge >= 0.3 is 0 Å². The predicted octanol–water partition coefficient (Wildman–Crippen LogP) is 2.75. The van der Waals surface area contributed by atoms with Crippen LogP contribution < -0.4 is 0 Å². The summed E-state index contributed by atoms with van der Waals surface area (Å²) in [5.41, 5.74) is 2.00. The van der Waals surface area contributed by atoms with Crippen LogP contribution >= 0.6 is 0 Å². The third kappa shape index (κ3) is 4.90. The normalized spacial score (nSPS) is 16.2. The summed E-state index contributed by atoms with van der Waals surface area (Å²) in [5, 5.41) is 0. The van der Waals surface area contributed by atoms with Gasteiger partial charge in [0.05, 0.1) is 5.75 Å². The SMILES string of the molecule is CC(C)CN(Cc1cccnc1)C1CN(S(=O)(=O)Cc2ccccc2)C1. The predicted molar refractivity (Wildman–Crippen MR) is 104 cm³/mol. The van der Waals surface area contributed by atoms with E-state index in [-0.39, 0.29) is 11.8 Å². The molecule has 0 bridgehead atoms. The molecule has 0 spiro atoms. The van der Waals surface area contributed by atoms with Crippen molar-refractivity contribution in [1.29, 1.82) is 0 Å². The summed E-state index contributed by atoms with van der Waals surface area (Å²) in [6.45, 7) is 7.29. The van der Waals surface area contributed by atoms with E-state index in [2.05, 4.69) is 29.8 Å². The molecule has 5 nitrogen and oxygen atoms in total. The minimum absolute atomic E-state index is 0.0767. The highest BCUT2D eigenvalue weighted by atomic mass is 32.2. The van der Waals surface area contributed by atoms with Crippen molar-refractivity contribution in [2.45, 2.75) is 32.2 Å². The fraction of sp³-hybridized carbons (Fsp3) is 0.450. The van der Waals surface area contributed by atoms with Crippen molar-refractivity contribution < 1.29 is 8.42 Å². The van der Waals surface area contributed by atoms with Crippen molar-refractivity contribution in [3.05, 3.63) is 66.0 Å². The molecule has 1 aliphatic rings. The molecule has 2 heterocycles. The van der Waals surface area contributed by atoms with E-state index in [0.29, 0.717) is 19.0 Å². The molecule has 1 aromatic heterocycles. The minimum atomic E-state index is -3.25. The van der Waals surface area contributed by atoms with E-state index in [9.17, 15) is 8.42 Å². The number of rotatable bonds is 8. The molecule has 0 N–H and O–H groups in total. The lowest BCUT2D eigenvalue weighted by Crippen LogP contribution is -2.61. The van der Waals surface area contributed by atoms with Gasteiger partial charge in [0.1, 0.15) is 0 Å². The first kappa shape index (κ1) is 19.0. The Balaban J connectivity index is 1.61. The Morgan fingerprint density at radius 3 is 2.42 bits per heavy atom. The van der Waals surface area contributed by atoms with E-state index in [4.69, 9.17) is 0 Å². The van der Waals surface area contributed by atoms with Crippen molar-refractivity contribution in [2.24, 2.45) is 5.92 Å². The van der Waals surface area contributed by atoms with E-state index in [1.165, 1.54) is 5.56 Å². The second-order valence-electron chi connectivity index (χ2n) is 7.40. The van der Waals surface area contributed by atoms with Crippen LogP contribution in [0, 0.1) is 5.92 Å². The van der Waals surface area contributed by atoms with Gasteiger partial charge in [-0.3, -0.25) is 9.88 Å². The van der Waals surface area contributed by atoms with Gasteiger partial charge in [-0.25, -0.2) is 8.42 Å². The maximum atomic E-state index is 12.6. The number of aromatic nitrogens is 1. The average Bonchev–Trinajstić information content (AvgIpc) is 2.54. The smallest absolute Gasteiger partial charge is 0.218 e. The fourth-order valence-corrected chi connectivity index (χ4v) is 4.88. The summed E-state index contributed by atoms with van der Waals surface area (Å²) in [4.78, 5) is 6.57. The highest BCUT2D eigenvalue weighted by Gasteiger charge is 2.38. The van der Waals surface area contributed by atoms with Crippen LogP contribution in [0.5, 0.6) is 0 Å². The van der Waals surface area contributed by atoms with Crippen LogP contribution in [-0.4, -0.2) is 48.3 Å². The van der Waals surface area contributed by atoms with Gasteiger partial charge in [-0.1, -0.05) is 50.2 Å². The number of hydrogen-bond acceptors (Lipinski definition) is 4. The van der Waals surface area contributed by atoms with Crippen molar-refractivity contribution >= 4 is 10.0 Å². The van der Waals surface area contributed by atoms with Gasteiger partial charge < -0.3 is 0 Å². The van der Waals surface area contributed by atoms with Crippen LogP contribution in [0.1, 0.15) is 25.0 Å². The number of nitrogens with zero attached hydrogens (tertiary/aromatic N) is 3. The first-order chi connectivity index (χ1) is 12.4. The molecule has 0 radical (unpaired) electrons.